The van der Waals surface area contributed by atoms with Crippen LogP contribution in [0.2, 0.25) is 5.02 Å². The Balaban J connectivity index is 1.84. The Morgan fingerprint density at radius 2 is 2.03 bits per heavy atom. The van der Waals surface area contributed by atoms with Gasteiger partial charge in [0.2, 0.25) is 0 Å². The molecule has 1 amide bonds. The van der Waals surface area contributed by atoms with Crippen LogP contribution in [0, 0.1) is 0 Å². The Labute approximate surface area is 202 Å². The van der Waals surface area contributed by atoms with Gasteiger partial charge in [-0.25, -0.2) is 4.79 Å². The van der Waals surface area contributed by atoms with Crippen molar-refractivity contribution in [2.45, 2.75) is 6.92 Å². The summed E-state index contributed by atoms with van der Waals surface area (Å²) in [6.45, 7) is 1.74. The molecular weight excluding hydrogens is 526 g/mol. The van der Waals surface area contributed by atoms with E-state index in [9.17, 15) is 9.59 Å². The monoisotopic (exact) mass is 541 g/mol. The predicted octanol–water partition coefficient (Wildman–Crippen LogP) is 5.46. The molecule has 0 spiro atoms. The standard InChI is InChI=1S/C21H17BrClNO5S2/c1-3-28-19(25)11-29-17-8-12(4-7-16(17)27-2)9-18-20(26)24(21(30)31-18)13-5-6-14(22)15(23)10-13/h4-10H,3,11H2,1-2H3/b18-9-. The molecule has 0 unspecified atom stereocenters. The van der Waals surface area contributed by atoms with Crippen molar-refractivity contribution in [2.75, 3.05) is 25.2 Å². The van der Waals surface area contributed by atoms with E-state index in [0.717, 1.165) is 4.47 Å². The maximum atomic E-state index is 13.0. The van der Waals surface area contributed by atoms with Gasteiger partial charge < -0.3 is 14.2 Å². The minimum atomic E-state index is -0.482. The number of anilines is 1. The molecular formula is C21H17BrClNO5S2. The van der Waals surface area contributed by atoms with Crippen LogP contribution in [0.25, 0.3) is 6.08 Å². The molecule has 2 aromatic rings. The SMILES string of the molecule is CCOC(=O)COc1cc(/C=C2\SC(=S)N(c3ccc(Br)c(Cl)c3)C2=O)ccc1OC. The number of nitrogens with zero attached hydrogens (tertiary/aromatic N) is 1. The molecule has 0 bridgehead atoms. The fourth-order valence-electron chi connectivity index (χ4n) is 2.70. The summed E-state index contributed by atoms with van der Waals surface area (Å²) in [4.78, 5) is 26.5. The van der Waals surface area contributed by atoms with Gasteiger partial charge in [-0.3, -0.25) is 9.69 Å². The summed E-state index contributed by atoms with van der Waals surface area (Å²) in [5.41, 5.74) is 1.28. The number of methoxy groups -OCH3 is 1. The molecule has 0 saturated carbocycles. The van der Waals surface area contributed by atoms with Gasteiger partial charge >= 0.3 is 5.97 Å². The Bertz CT molecular complexity index is 1080. The van der Waals surface area contributed by atoms with Crippen molar-refractivity contribution in [1.29, 1.82) is 0 Å². The molecule has 0 aromatic heterocycles. The zero-order valence-corrected chi connectivity index (χ0v) is 20.5. The number of esters is 1. The second kappa shape index (κ2) is 10.5. The molecule has 3 rings (SSSR count). The number of hydrogen-bond acceptors (Lipinski definition) is 7. The van der Waals surface area contributed by atoms with Crippen molar-refractivity contribution >= 4 is 79.5 Å². The number of benzene rings is 2. The Morgan fingerprint density at radius 3 is 2.71 bits per heavy atom. The Hall–Kier alpha value is -2.07. The van der Waals surface area contributed by atoms with Crippen molar-refractivity contribution in [2.24, 2.45) is 0 Å². The topological polar surface area (TPSA) is 65.1 Å². The second-order valence-corrected chi connectivity index (χ2v) is 9.06. The van der Waals surface area contributed by atoms with E-state index >= 15 is 0 Å². The zero-order valence-electron chi connectivity index (χ0n) is 16.5. The molecule has 0 radical (unpaired) electrons. The average molecular weight is 543 g/mol. The van der Waals surface area contributed by atoms with Crippen LogP contribution < -0.4 is 14.4 Å². The minimum absolute atomic E-state index is 0.250. The maximum absolute atomic E-state index is 13.0. The largest absolute Gasteiger partial charge is 0.493 e. The quantitative estimate of drug-likeness (QED) is 0.262. The number of halogens is 2. The molecule has 1 fully saturated rings. The van der Waals surface area contributed by atoms with Gasteiger partial charge in [-0.2, -0.15) is 0 Å². The fraction of sp³-hybridized carbons (Fsp3) is 0.190. The number of amides is 1. The summed E-state index contributed by atoms with van der Waals surface area (Å²) < 4.78 is 16.8. The number of thioether (sulfide) groups is 1. The minimum Gasteiger partial charge on any atom is -0.493 e. The second-order valence-electron chi connectivity index (χ2n) is 6.12. The summed E-state index contributed by atoms with van der Waals surface area (Å²) in [5.74, 6) is 0.0835. The normalized spacial score (nSPS) is 14.8. The third-order valence-electron chi connectivity index (χ3n) is 4.09. The van der Waals surface area contributed by atoms with E-state index in [1.807, 2.05) is 0 Å². The third-order valence-corrected chi connectivity index (χ3v) is 6.63. The molecule has 1 heterocycles. The van der Waals surface area contributed by atoms with Crippen LogP contribution in [-0.4, -0.2) is 36.5 Å². The number of rotatable bonds is 7. The van der Waals surface area contributed by atoms with E-state index in [2.05, 4.69) is 15.9 Å². The summed E-state index contributed by atoms with van der Waals surface area (Å²) in [7, 11) is 1.50. The van der Waals surface area contributed by atoms with Gasteiger partial charge in [0.05, 0.1) is 29.3 Å². The van der Waals surface area contributed by atoms with Crippen LogP contribution in [0.15, 0.2) is 45.8 Å². The number of ether oxygens (including phenoxy) is 3. The first-order valence-corrected chi connectivity index (χ1v) is 11.4. The fourth-order valence-corrected chi connectivity index (χ4v) is 4.42. The van der Waals surface area contributed by atoms with Crippen molar-refractivity contribution in [3.05, 3.63) is 56.4 Å². The van der Waals surface area contributed by atoms with E-state index in [1.54, 1.807) is 49.4 Å². The van der Waals surface area contributed by atoms with Gasteiger partial charge in [0.15, 0.2) is 22.4 Å². The Kier molecular flexibility index (Phi) is 7.99. The van der Waals surface area contributed by atoms with Gasteiger partial charge in [-0.15, -0.1) is 0 Å². The van der Waals surface area contributed by atoms with Crippen LogP contribution >= 0.6 is 51.5 Å². The molecule has 0 N–H and O–H groups in total. The molecule has 1 saturated heterocycles. The molecule has 31 heavy (non-hydrogen) atoms. The number of thiocarbonyl (C=S) groups is 1. The molecule has 162 valence electrons. The smallest absolute Gasteiger partial charge is 0.344 e. The number of carbonyl (C=O) groups excluding carboxylic acids is 2. The van der Waals surface area contributed by atoms with Crippen molar-refractivity contribution < 1.29 is 23.8 Å². The van der Waals surface area contributed by atoms with E-state index < -0.39 is 5.97 Å². The first kappa shape index (κ1) is 23.6. The first-order valence-electron chi connectivity index (χ1n) is 9.03. The lowest BCUT2D eigenvalue weighted by Gasteiger charge is -2.15. The summed E-state index contributed by atoms with van der Waals surface area (Å²) in [6.07, 6.45) is 1.70. The lowest BCUT2D eigenvalue weighted by Crippen LogP contribution is -2.27. The van der Waals surface area contributed by atoms with Gasteiger partial charge in [-0.05, 0) is 64.8 Å². The third kappa shape index (κ3) is 5.60. The van der Waals surface area contributed by atoms with E-state index in [1.165, 1.54) is 23.8 Å². The molecule has 2 aromatic carbocycles. The maximum Gasteiger partial charge on any atom is 0.344 e. The van der Waals surface area contributed by atoms with Crippen LogP contribution in [0.5, 0.6) is 11.5 Å². The number of carbonyl (C=O) groups is 2. The van der Waals surface area contributed by atoms with E-state index in [0.29, 0.717) is 37.0 Å². The molecule has 0 atom stereocenters. The molecule has 1 aliphatic rings. The van der Waals surface area contributed by atoms with Crippen molar-refractivity contribution in [3.8, 4) is 11.5 Å². The highest BCUT2D eigenvalue weighted by Crippen LogP contribution is 2.38. The summed E-state index contributed by atoms with van der Waals surface area (Å²) in [5, 5.41) is 0.481. The molecule has 10 heteroatoms. The van der Waals surface area contributed by atoms with Gasteiger partial charge in [0, 0.05) is 4.47 Å². The highest BCUT2D eigenvalue weighted by atomic mass is 79.9. The lowest BCUT2D eigenvalue weighted by atomic mass is 10.2. The van der Waals surface area contributed by atoms with E-state index in [4.69, 9.17) is 38.0 Å². The van der Waals surface area contributed by atoms with Crippen LogP contribution in [0.4, 0.5) is 5.69 Å². The van der Waals surface area contributed by atoms with Gasteiger partial charge in [0.25, 0.3) is 5.91 Å². The summed E-state index contributed by atoms with van der Waals surface area (Å²) >= 11 is 16.1. The van der Waals surface area contributed by atoms with Crippen molar-refractivity contribution in [1.82, 2.24) is 0 Å². The lowest BCUT2D eigenvalue weighted by molar-refractivity contribution is -0.145. The molecule has 6 nitrogen and oxygen atoms in total. The summed E-state index contributed by atoms with van der Waals surface area (Å²) in [6, 6.07) is 10.4. The highest BCUT2D eigenvalue weighted by molar-refractivity contribution is 9.10. The van der Waals surface area contributed by atoms with Crippen LogP contribution in [0.3, 0.4) is 0 Å². The van der Waals surface area contributed by atoms with Gasteiger partial charge in [-0.1, -0.05) is 41.6 Å². The molecule has 1 aliphatic heterocycles. The zero-order chi connectivity index (χ0) is 22.5. The van der Waals surface area contributed by atoms with Crippen LogP contribution in [0.1, 0.15) is 12.5 Å². The van der Waals surface area contributed by atoms with Crippen molar-refractivity contribution in [3.63, 3.8) is 0 Å². The average Bonchev–Trinajstić information content (AvgIpc) is 3.02. The molecule has 0 aliphatic carbocycles. The number of hydrogen-bond donors (Lipinski definition) is 0. The van der Waals surface area contributed by atoms with Gasteiger partial charge in [0.1, 0.15) is 0 Å². The predicted molar refractivity (Wildman–Crippen MR) is 130 cm³/mol. The highest BCUT2D eigenvalue weighted by Gasteiger charge is 2.33. The first-order chi connectivity index (χ1) is 14.8. The van der Waals surface area contributed by atoms with E-state index in [-0.39, 0.29) is 19.1 Å². The van der Waals surface area contributed by atoms with Crippen LogP contribution in [-0.2, 0) is 14.3 Å². The Morgan fingerprint density at radius 1 is 1.26 bits per heavy atom.